The minimum Gasteiger partial charge on any atom is -0.481 e. The molecular weight excluding hydrogens is 312 g/mol. The fourth-order valence-electron chi connectivity index (χ4n) is 2.94. The SMILES string of the molecule is CCNC(=NCc1ccnc(OC)c1)NCC1(c2ccccc2)CC1. The minimum atomic E-state index is 0.261. The zero-order valence-corrected chi connectivity index (χ0v) is 15.0. The zero-order chi connectivity index (χ0) is 17.5. The molecule has 132 valence electrons. The maximum Gasteiger partial charge on any atom is 0.213 e. The van der Waals surface area contributed by atoms with E-state index < -0.39 is 0 Å². The molecule has 0 saturated heterocycles. The van der Waals surface area contributed by atoms with Crippen LogP contribution < -0.4 is 15.4 Å². The van der Waals surface area contributed by atoms with Crippen molar-refractivity contribution in [2.24, 2.45) is 4.99 Å². The van der Waals surface area contributed by atoms with Gasteiger partial charge >= 0.3 is 0 Å². The average Bonchev–Trinajstić information content (AvgIpc) is 3.46. The average molecular weight is 338 g/mol. The molecule has 1 aliphatic carbocycles. The Morgan fingerprint density at radius 2 is 2.00 bits per heavy atom. The smallest absolute Gasteiger partial charge is 0.213 e. The van der Waals surface area contributed by atoms with Crippen LogP contribution in [0.3, 0.4) is 0 Å². The molecule has 5 heteroatoms. The van der Waals surface area contributed by atoms with E-state index in [4.69, 9.17) is 9.73 Å². The summed E-state index contributed by atoms with van der Waals surface area (Å²) in [5, 5.41) is 6.84. The van der Waals surface area contributed by atoms with E-state index in [1.165, 1.54) is 18.4 Å². The summed E-state index contributed by atoms with van der Waals surface area (Å²) < 4.78 is 5.17. The molecule has 0 atom stereocenters. The monoisotopic (exact) mass is 338 g/mol. The molecule has 1 aromatic carbocycles. The van der Waals surface area contributed by atoms with Gasteiger partial charge < -0.3 is 15.4 Å². The molecule has 0 radical (unpaired) electrons. The molecular formula is C20H26N4O. The number of guanidine groups is 1. The van der Waals surface area contributed by atoms with Crippen molar-refractivity contribution in [1.82, 2.24) is 15.6 Å². The molecule has 2 aromatic rings. The van der Waals surface area contributed by atoms with Crippen LogP contribution in [0.1, 0.15) is 30.9 Å². The lowest BCUT2D eigenvalue weighted by molar-refractivity contribution is 0.397. The Kier molecular flexibility index (Phi) is 5.53. The van der Waals surface area contributed by atoms with Gasteiger partial charge in [-0.2, -0.15) is 0 Å². The number of ether oxygens (including phenoxy) is 1. The minimum absolute atomic E-state index is 0.261. The summed E-state index contributed by atoms with van der Waals surface area (Å²) in [6.45, 7) is 4.41. The second-order valence-electron chi connectivity index (χ2n) is 6.40. The summed E-state index contributed by atoms with van der Waals surface area (Å²) in [5.41, 5.74) is 2.75. The van der Waals surface area contributed by atoms with Gasteiger partial charge in [-0.05, 0) is 37.0 Å². The van der Waals surface area contributed by atoms with Crippen LogP contribution in [0, 0.1) is 0 Å². The molecule has 0 amide bonds. The molecule has 0 aliphatic heterocycles. The van der Waals surface area contributed by atoms with Crippen LogP contribution in [0.15, 0.2) is 53.7 Å². The molecule has 3 rings (SSSR count). The van der Waals surface area contributed by atoms with Crippen LogP contribution in [0.2, 0.25) is 0 Å². The normalized spacial score (nSPS) is 15.5. The van der Waals surface area contributed by atoms with Gasteiger partial charge in [0.15, 0.2) is 5.96 Å². The van der Waals surface area contributed by atoms with Crippen molar-refractivity contribution < 1.29 is 4.74 Å². The maximum atomic E-state index is 5.17. The van der Waals surface area contributed by atoms with Crippen LogP contribution in [-0.4, -0.2) is 31.1 Å². The summed E-state index contributed by atoms with van der Waals surface area (Å²) in [7, 11) is 1.62. The van der Waals surface area contributed by atoms with E-state index >= 15 is 0 Å². The lowest BCUT2D eigenvalue weighted by Gasteiger charge is -2.19. The fourth-order valence-corrected chi connectivity index (χ4v) is 2.94. The number of pyridine rings is 1. The lowest BCUT2D eigenvalue weighted by Crippen LogP contribution is -2.41. The maximum absolute atomic E-state index is 5.17. The second-order valence-corrected chi connectivity index (χ2v) is 6.40. The first-order valence-corrected chi connectivity index (χ1v) is 8.82. The van der Waals surface area contributed by atoms with E-state index in [1.807, 2.05) is 12.1 Å². The van der Waals surface area contributed by atoms with Gasteiger partial charge in [0, 0.05) is 30.8 Å². The first-order chi connectivity index (χ1) is 12.3. The number of nitrogens with one attached hydrogen (secondary N) is 2. The van der Waals surface area contributed by atoms with Crippen molar-refractivity contribution in [3.05, 3.63) is 59.8 Å². The molecule has 0 bridgehead atoms. The number of rotatable bonds is 7. The number of hydrogen-bond acceptors (Lipinski definition) is 3. The molecule has 1 saturated carbocycles. The van der Waals surface area contributed by atoms with Crippen molar-refractivity contribution in [2.45, 2.75) is 31.7 Å². The van der Waals surface area contributed by atoms with Crippen molar-refractivity contribution >= 4 is 5.96 Å². The predicted octanol–water partition coefficient (Wildman–Crippen LogP) is 2.88. The Hall–Kier alpha value is -2.56. The summed E-state index contributed by atoms with van der Waals surface area (Å²) in [4.78, 5) is 8.82. The molecule has 1 aromatic heterocycles. The Balaban J connectivity index is 1.63. The van der Waals surface area contributed by atoms with Gasteiger partial charge in [-0.15, -0.1) is 0 Å². The van der Waals surface area contributed by atoms with Crippen LogP contribution in [0.5, 0.6) is 5.88 Å². The number of aliphatic imine (C=N–C) groups is 1. The van der Waals surface area contributed by atoms with Gasteiger partial charge in [0.05, 0.1) is 13.7 Å². The molecule has 5 nitrogen and oxygen atoms in total. The number of methoxy groups -OCH3 is 1. The number of hydrogen-bond donors (Lipinski definition) is 2. The van der Waals surface area contributed by atoms with Crippen molar-refractivity contribution in [1.29, 1.82) is 0 Å². The summed E-state index contributed by atoms with van der Waals surface area (Å²) in [5.74, 6) is 1.46. The summed E-state index contributed by atoms with van der Waals surface area (Å²) in [6.07, 6.45) is 4.20. The highest BCUT2D eigenvalue weighted by molar-refractivity contribution is 5.80. The van der Waals surface area contributed by atoms with Gasteiger partial charge in [0.1, 0.15) is 0 Å². The molecule has 1 aliphatic rings. The molecule has 0 unspecified atom stereocenters. The highest BCUT2D eigenvalue weighted by Crippen LogP contribution is 2.47. The number of aromatic nitrogens is 1. The van der Waals surface area contributed by atoms with E-state index in [2.05, 4.69) is 52.9 Å². The Labute approximate surface area is 149 Å². The van der Waals surface area contributed by atoms with Crippen LogP contribution in [0.25, 0.3) is 0 Å². The first-order valence-electron chi connectivity index (χ1n) is 8.82. The largest absolute Gasteiger partial charge is 0.481 e. The van der Waals surface area contributed by atoms with Crippen LogP contribution in [-0.2, 0) is 12.0 Å². The fraction of sp³-hybridized carbons (Fsp3) is 0.400. The molecule has 0 spiro atoms. The van der Waals surface area contributed by atoms with Gasteiger partial charge in [-0.3, -0.25) is 0 Å². The predicted molar refractivity (Wildman–Crippen MR) is 101 cm³/mol. The van der Waals surface area contributed by atoms with Crippen molar-refractivity contribution in [3.63, 3.8) is 0 Å². The Morgan fingerprint density at radius 1 is 1.20 bits per heavy atom. The molecule has 1 heterocycles. The van der Waals surface area contributed by atoms with Crippen molar-refractivity contribution in [2.75, 3.05) is 20.2 Å². The number of benzene rings is 1. The Bertz CT molecular complexity index is 711. The molecule has 25 heavy (non-hydrogen) atoms. The quantitative estimate of drug-likeness (QED) is 0.602. The standard InChI is InChI=1S/C20H26N4O/c1-3-21-19(23-14-16-9-12-22-18(13-16)25-2)24-15-20(10-11-20)17-7-5-4-6-8-17/h4-9,12-13H,3,10-11,14-15H2,1-2H3,(H2,21,23,24). The van der Waals surface area contributed by atoms with E-state index in [1.54, 1.807) is 13.3 Å². The van der Waals surface area contributed by atoms with Crippen LogP contribution >= 0.6 is 0 Å². The summed E-state index contributed by atoms with van der Waals surface area (Å²) >= 11 is 0. The number of nitrogens with zero attached hydrogens (tertiary/aromatic N) is 2. The van der Waals surface area contributed by atoms with Crippen molar-refractivity contribution in [3.8, 4) is 5.88 Å². The molecule has 1 fully saturated rings. The third kappa shape index (κ3) is 4.50. The molecule has 2 N–H and O–H groups in total. The van der Waals surface area contributed by atoms with Gasteiger partial charge in [0.25, 0.3) is 0 Å². The van der Waals surface area contributed by atoms with E-state index in [-0.39, 0.29) is 5.41 Å². The van der Waals surface area contributed by atoms with E-state index in [0.717, 1.165) is 24.6 Å². The highest BCUT2D eigenvalue weighted by Gasteiger charge is 2.43. The van der Waals surface area contributed by atoms with E-state index in [9.17, 15) is 0 Å². The Morgan fingerprint density at radius 3 is 2.68 bits per heavy atom. The van der Waals surface area contributed by atoms with Gasteiger partial charge in [0.2, 0.25) is 5.88 Å². The van der Waals surface area contributed by atoms with Gasteiger partial charge in [-0.1, -0.05) is 30.3 Å². The summed E-state index contributed by atoms with van der Waals surface area (Å²) in [6, 6.07) is 14.6. The van der Waals surface area contributed by atoms with E-state index in [0.29, 0.717) is 12.4 Å². The second kappa shape index (κ2) is 8.01. The van der Waals surface area contributed by atoms with Gasteiger partial charge in [-0.25, -0.2) is 9.98 Å². The zero-order valence-electron chi connectivity index (χ0n) is 15.0. The first kappa shape index (κ1) is 17.3. The highest BCUT2D eigenvalue weighted by atomic mass is 16.5. The third-order valence-electron chi connectivity index (χ3n) is 4.61. The van der Waals surface area contributed by atoms with Crippen LogP contribution in [0.4, 0.5) is 0 Å². The lowest BCUT2D eigenvalue weighted by atomic mass is 9.96. The topological polar surface area (TPSA) is 58.5 Å². The third-order valence-corrected chi connectivity index (χ3v) is 4.61.